The van der Waals surface area contributed by atoms with Crippen molar-refractivity contribution in [3.63, 3.8) is 0 Å². The molecule has 3 N–H and O–H groups in total. The molecule has 1 amide bonds. The standard InChI is InChI=1S/C14H24N2O4/c17-12(8-11-9-15-6-7-20-11)16-13(14(18)19)10-4-2-1-3-5-10/h10-11,13,15H,1-9H2,(H,16,17)(H,18,19). The van der Waals surface area contributed by atoms with Crippen LogP contribution in [0.4, 0.5) is 0 Å². The molecule has 0 radical (unpaired) electrons. The van der Waals surface area contributed by atoms with Gasteiger partial charge < -0.3 is 20.5 Å². The summed E-state index contributed by atoms with van der Waals surface area (Å²) in [7, 11) is 0. The number of ether oxygens (including phenoxy) is 1. The van der Waals surface area contributed by atoms with Crippen LogP contribution < -0.4 is 10.6 Å². The van der Waals surface area contributed by atoms with E-state index in [9.17, 15) is 14.7 Å². The summed E-state index contributed by atoms with van der Waals surface area (Å²) in [5.41, 5.74) is 0. The minimum Gasteiger partial charge on any atom is -0.480 e. The van der Waals surface area contributed by atoms with E-state index >= 15 is 0 Å². The number of carboxylic acid groups (broad SMARTS) is 1. The fourth-order valence-electron chi connectivity index (χ4n) is 3.04. The number of carboxylic acids is 1. The van der Waals surface area contributed by atoms with Crippen molar-refractivity contribution in [1.29, 1.82) is 0 Å². The van der Waals surface area contributed by atoms with Crippen LogP contribution in [0.2, 0.25) is 0 Å². The van der Waals surface area contributed by atoms with Crippen LogP contribution in [0.5, 0.6) is 0 Å². The monoisotopic (exact) mass is 284 g/mol. The third-order valence-electron chi connectivity index (χ3n) is 4.12. The van der Waals surface area contributed by atoms with Gasteiger partial charge in [0.15, 0.2) is 0 Å². The van der Waals surface area contributed by atoms with Crippen molar-refractivity contribution in [3.8, 4) is 0 Å². The number of aliphatic carboxylic acids is 1. The molecule has 2 fully saturated rings. The maximum Gasteiger partial charge on any atom is 0.326 e. The summed E-state index contributed by atoms with van der Waals surface area (Å²) in [6, 6.07) is -0.751. The summed E-state index contributed by atoms with van der Waals surface area (Å²) in [6.07, 6.45) is 5.13. The highest BCUT2D eigenvalue weighted by atomic mass is 16.5. The number of amides is 1. The van der Waals surface area contributed by atoms with Crippen LogP contribution in [-0.2, 0) is 14.3 Å². The molecular weight excluding hydrogens is 260 g/mol. The minimum absolute atomic E-state index is 0.0654. The average Bonchev–Trinajstić information content (AvgIpc) is 2.46. The first-order valence-electron chi connectivity index (χ1n) is 7.51. The van der Waals surface area contributed by atoms with Crippen LogP contribution in [0.3, 0.4) is 0 Å². The molecule has 1 saturated heterocycles. The molecule has 1 aliphatic carbocycles. The molecule has 114 valence electrons. The van der Waals surface area contributed by atoms with Gasteiger partial charge in [0.05, 0.1) is 19.1 Å². The molecule has 1 saturated carbocycles. The van der Waals surface area contributed by atoms with E-state index in [0.717, 1.165) is 32.2 Å². The lowest BCUT2D eigenvalue weighted by molar-refractivity contribution is -0.144. The molecule has 1 heterocycles. The van der Waals surface area contributed by atoms with Crippen LogP contribution in [-0.4, -0.2) is 48.8 Å². The Labute approximate surface area is 119 Å². The lowest BCUT2D eigenvalue weighted by Crippen LogP contribution is -2.48. The molecular formula is C14H24N2O4. The number of nitrogens with one attached hydrogen (secondary N) is 2. The zero-order valence-corrected chi connectivity index (χ0v) is 11.8. The van der Waals surface area contributed by atoms with Crippen molar-refractivity contribution >= 4 is 11.9 Å². The van der Waals surface area contributed by atoms with Crippen molar-refractivity contribution in [2.24, 2.45) is 5.92 Å². The summed E-state index contributed by atoms with van der Waals surface area (Å²) in [4.78, 5) is 23.4. The summed E-state index contributed by atoms with van der Waals surface area (Å²) in [5, 5.41) is 15.2. The van der Waals surface area contributed by atoms with E-state index in [0.29, 0.717) is 13.2 Å². The van der Waals surface area contributed by atoms with Gasteiger partial charge in [0.1, 0.15) is 6.04 Å². The number of carbonyl (C=O) groups excluding carboxylic acids is 1. The summed E-state index contributed by atoms with van der Waals surface area (Å²) >= 11 is 0. The zero-order chi connectivity index (χ0) is 14.4. The van der Waals surface area contributed by atoms with Crippen molar-refractivity contribution < 1.29 is 19.4 Å². The van der Waals surface area contributed by atoms with E-state index in [1.165, 1.54) is 6.42 Å². The summed E-state index contributed by atoms with van der Waals surface area (Å²) in [6.45, 7) is 2.05. The highest BCUT2D eigenvalue weighted by Crippen LogP contribution is 2.26. The average molecular weight is 284 g/mol. The van der Waals surface area contributed by atoms with Crippen LogP contribution in [0, 0.1) is 5.92 Å². The number of hydrogen-bond donors (Lipinski definition) is 3. The molecule has 1 aliphatic heterocycles. The van der Waals surface area contributed by atoms with Gasteiger partial charge in [-0.05, 0) is 18.8 Å². The van der Waals surface area contributed by atoms with Crippen LogP contribution in [0.25, 0.3) is 0 Å². The van der Waals surface area contributed by atoms with Crippen molar-refractivity contribution in [3.05, 3.63) is 0 Å². The topological polar surface area (TPSA) is 87.7 Å². The Morgan fingerprint density at radius 2 is 2.05 bits per heavy atom. The fraction of sp³-hybridized carbons (Fsp3) is 0.857. The maximum atomic E-state index is 12.0. The van der Waals surface area contributed by atoms with Crippen molar-refractivity contribution in [2.75, 3.05) is 19.7 Å². The molecule has 6 heteroatoms. The Kier molecular flexibility index (Phi) is 5.79. The highest BCUT2D eigenvalue weighted by Gasteiger charge is 2.31. The van der Waals surface area contributed by atoms with E-state index < -0.39 is 12.0 Å². The minimum atomic E-state index is -0.923. The first kappa shape index (κ1) is 15.3. The molecule has 6 nitrogen and oxygen atoms in total. The van der Waals surface area contributed by atoms with Gasteiger partial charge in [-0.3, -0.25) is 4.79 Å². The number of rotatable bonds is 5. The summed E-state index contributed by atoms with van der Waals surface area (Å²) in [5.74, 6) is -1.08. The van der Waals surface area contributed by atoms with Gasteiger partial charge in [-0.2, -0.15) is 0 Å². The Bertz CT molecular complexity index is 336. The van der Waals surface area contributed by atoms with Crippen molar-refractivity contribution in [1.82, 2.24) is 10.6 Å². The van der Waals surface area contributed by atoms with Crippen LogP contribution >= 0.6 is 0 Å². The molecule has 0 bridgehead atoms. The van der Waals surface area contributed by atoms with E-state index in [1.807, 2.05) is 0 Å². The van der Waals surface area contributed by atoms with Gasteiger partial charge in [0.25, 0.3) is 0 Å². The molecule has 0 aromatic carbocycles. The quantitative estimate of drug-likeness (QED) is 0.685. The second-order valence-electron chi connectivity index (χ2n) is 5.68. The number of carbonyl (C=O) groups is 2. The van der Waals surface area contributed by atoms with E-state index in [4.69, 9.17) is 4.74 Å². The van der Waals surface area contributed by atoms with Crippen molar-refractivity contribution in [2.45, 2.75) is 50.7 Å². The van der Waals surface area contributed by atoms with Gasteiger partial charge in [-0.1, -0.05) is 19.3 Å². The summed E-state index contributed by atoms with van der Waals surface area (Å²) < 4.78 is 5.47. The molecule has 0 aromatic heterocycles. The second-order valence-corrected chi connectivity index (χ2v) is 5.68. The van der Waals surface area contributed by atoms with E-state index in [2.05, 4.69) is 10.6 Å². The first-order valence-corrected chi connectivity index (χ1v) is 7.51. The Balaban J connectivity index is 1.83. The Morgan fingerprint density at radius 3 is 2.65 bits per heavy atom. The first-order chi connectivity index (χ1) is 9.66. The third-order valence-corrected chi connectivity index (χ3v) is 4.12. The van der Waals surface area contributed by atoms with E-state index in [-0.39, 0.29) is 24.3 Å². The maximum absolute atomic E-state index is 12.0. The third kappa shape index (κ3) is 4.45. The largest absolute Gasteiger partial charge is 0.480 e. The Morgan fingerprint density at radius 1 is 1.30 bits per heavy atom. The fourth-order valence-corrected chi connectivity index (χ4v) is 3.04. The normalized spacial score (nSPS) is 25.9. The molecule has 2 unspecified atom stereocenters. The van der Waals surface area contributed by atoms with E-state index in [1.54, 1.807) is 0 Å². The predicted octanol–water partition coefficient (Wildman–Crippen LogP) is 0.515. The lowest BCUT2D eigenvalue weighted by atomic mass is 9.84. The van der Waals surface area contributed by atoms with Gasteiger partial charge in [-0.15, -0.1) is 0 Å². The lowest BCUT2D eigenvalue weighted by Gasteiger charge is -2.29. The smallest absolute Gasteiger partial charge is 0.326 e. The molecule has 20 heavy (non-hydrogen) atoms. The molecule has 2 atom stereocenters. The Hall–Kier alpha value is -1.14. The van der Waals surface area contributed by atoms with Gasteiger partial charge >= 0.3 is 5.97 Å². The number of morpholine rings is 1. The highest BCUT2D eigenvalue weighted by molar-refractivity contribution is 5.84. The van der Waals surface area contributed by atoms with Crippen LogP contribution in [0.1, 0.15) is 38.5 Å². The molecule has 0 aromatic rings. The zero-order valence-electron chi connectivity index (χ0n) is 11.8. The second kappa shape index (κ2) is 7.59. The van der Waals surface area contributed by atoms with Gasteiger partial charge in [0, 0.05) is 13.1 Å². The van der Waals surface area contributed by atoms with Crippen LogP contribution in [0.15, 0.2) is 0 Å². The number of hydrogen-bond acceptors (Lipinski definition) is 4. The van der Waals surface area contributed by atoms with Gasteiger partial charge in [-0.25, -0.2) is 4.79 Å². The predicted molar refractivity (Wildman–Crippen MR) is 73.4 cm³/mol. The SMILES string of the molecule is O=C(CC1CNCCO1)NC(C(=O)O)C1CCCCC1. The molecule has 2 rings (SSSR count). The van der Waals surface area contributed by atoms with Gasteiger partial charge in [0.2, 0.25) is 5.91 Å². The molecule has 2 aliphatic rings. The molecule has 0 spiro atoms.